The van der Waals surface area contributed by atoms with Gasteiger partial charge in [0.25, 0.3) is 0 Å². The Morgan fingerprint density at radius 1 is 1.00 bits per heavy atom. The molecule has 2 aliphatic rings. The molecule has 218 valence electrons. The van der Waals surface area contributed by atoms with Crippen LogP contribution in [0.5, 0.6) is 5.75 Å². The maximum atomic E-state index is 13.0. The van der Waals surface area contributed by atoms with Gasteiger partial charge in [-0.3, -0.25) is 4.79 Å². The lowest BCUT2D eigenvalue weighted by molar-refractivity contribution is -0.153. The summed E-state index contributed by atoms with van der Waals surface area (Å²) in [5.74, 6) is 1.11. The number of likely N-dealkylation sites (tertiary alicyclic amines) is 1. The topological polar surface area (TPSA) is 51.7 Å². The third-order valence-corrected chi connectivity index (χ3v) is 8.17. The van der Waals surface area contributed by atoms with E-state index in [9.17, 15) is 4.79 Å². The minimum Gasteiger partial charge on any atom is -0.487 e. The summed E-state index contributed by atoms with van der Waals surface area (Å²) in [6.45, 7) is 5.97. The number of halogens is 2. The smallest absolute Gasteiger partial charge is 0.306 e. The molecule has 0 N–H and O–H groups in total. The Morgan fingerprint density at radius 2 is 1.82 bits per heavy atom. The number of aryl methyl sites for hydroxylation is 1. The Labute approximate surface area is 251 Å². The number of esters is 1. The van der Waals surface area contributed by atoms with Crippen molar-refractivity contribution in [2.24, 2.45) is 5.92 Å². The number of fused-ring (bicyclic) bond motifs is 2. The number of nitrogens with zero attached hydrogens (tertiary/aromatic N) is 2. The maximum absolute atomic E-state index is 13.0. The number of hydrogen-bond donors (Lipinski definition) is 0. The first kappa shape index (κ1) is 32.2. The second kappa shape index (κ2) is 16.2. The summed E-state index contributed by atoms with van der Waals surface area (Å²) < 4.78 is 12.5. The molecule has 0 radical (unpaired) electrons. The second-order valence-corrected chi connectivity index (χ2v) is 11.0. The zero-order valence-corrected chi connectivity index (χ0v) is 25.3. The number of piperidine rings is 1. The summed E-state index contributed by atoms with van der Waals surface area (Å²) >= 11 is 0. The van der Waals surface area contributed by atoms with Gasteiger partial charge in [-0.2, -0.15) is 0 Å². The van der Waals surface area contributed by atoms with Crippen LogP contribution in [-0.2, 0) is 22.6 Å². The third kappa shape index (κ3) is 8.58. The molecule has 0 amide bonds. The molecule has 1 aliphatic carbocycles. The van der Waals surface area contributed by atoms with Gasteiger partial charge in [0.2, 0.25) is 0 Å². The lowest BCUT2D eigenvalue weighted by Crippen LogP contribution is -2.31. The van der Waals surface area contributed by atoms with Gasteiger partial charge in [-0.25, -0.2) is 4.98 Å². The molecule has 7 heteroatoms. The average molecular weight is 588 g/mol. The van der Waals surface area contributed by atoms with E-state index < -0.39 is 0 Å². The van der Waals surface area contributed by atoms with E-state index >= 15 is 0 Å². The third-order valence-electron chi connectivity index (χ3n) is 8.17. The van der Waals surface area contributed by atoms with Crippen molar-refractivity contribution in [3.05, 3.63) is 71.4 Å². The number of rotatable bonds is 11. The first-order chi connectivity index (χ1) is 18.7. The van der Waals surface area contributed by atoms with Crippen molar-refractivity contribution in [1.82, 2.24) is 9.88 Å². The molecule has 0 unspecified atom stereocenters. The van der Waals surface area contributed by atoms with Gasteiger partial charge in [-0.05, 0) is 93.6 Å². The first-order valence-electron chi connectivity index (χ1n) is 14.7. The number of pyridine rings is 1. The van der Waals surface area contributed by atoms with Crippen LogP contribution in [0.25, 0.3) is 10.9 Å². The predicted molar refractivity (Wildman–Crippen MR) is 167 cm³/mol. The highest BCUT2D eigenvalue weighted by molar-refractivity contribution is 5.85. The molecule has 1 aromatic heterocycles. The molecule has 5 rings (SSSR count). The minimum atomic E-state index is -0.185. The molecule has 2 aromatic carbocycles. The van der Waals surface area contributed by atoms with E-state index in [0.29, 0.717) is 18.9 Å². The molecular formula is C33H44Cl2N2O3. The van der Waals surface area contributed by atoms with Crippen molar-refractivity contribution in [3.63, 3.8) is 0 Å². The van der Waals surface area contributed by atoms with Crippen LogP contribution >= 0.6 is 24.8 Å². The Balaban J connectivity index is 0.00000220. The summed E-state index contributed by atoms with van der Waals surface area (Å²) in [6.07, 6.45) is 10.6. The lowest BCUT2D eigenvalue weighted by Gasteiger charge is -2.34. The maximum Gasteiger partial charge on any atom is 0.306 e. The normalized spacial score (nSPS) is 18.7. The van der Waals surface area contributed by atoms with Crippen molar-refractivity contribution in [1.29, 1.82) is 0 Å². The lowest BCUT2D eigenvalue weighted by atomic mass is 9.79. The quantitative estimate of drug-likeness (QED) is 0.212. The van der Waals surface area contributed by atoms with Gasteiger partial charge in [0, 0.05) is 17.7 Å². The fraction of sp³-hybridized carbons (Fsp3) is 0.515. The van der Waals surface area contributed by atoms with Crippen molar-refractivity contribution in [3.8, 4) is 5.75 Å². The molecule has 0 bridgehead atoms. The highest BCUT2D eigenvalue weighted by atomic mass is 35.5. The standard InChI is InChI=1S/C33H42N2O3.2ClH/c1-2-3-10-27-15-14-25-17-19-29(37-24-28-18-16-26-11-5-6-12-31(26)34-28)23-30(25)33(27)38-32(36)13-9-22-35-20-7-4-8-21-35;;/h5-6,11-12,16-19,23,27,33H,2-4,7-10,13-15,20-22,24H2,1H3;2*1H/t27-,33+;;/m0../s1. The van der Waals surface area contributed by atoms with Gasteiger partial charge < -0.3 is 14.4 Å². The number of para-hydroxylation sites is 1. The van der Waals surface area contributed by atoms with E-state index in [0.717, 1.165) is 73.0 Å². The highest BCUT2D eigenvalue weighted by Crippen LogP contribution is 2.41. The van der Waals surface area contributed by atoms with Gasteiger partial charge >= 0.3 is 5.97 Å². The Hall–Kier alpha value is -2.34. The van der Waals surface area contributed by atoms with E-state index in [4.69, 9.17) is 14.5 Å². The monoisotopic (exact) mass is 586 g/mol. The van der Waals surface area contributed by atoms with Crippen molar-refractivity contribution < 1.29 is 14.3 Å². The van der Waals surface area contributed by atoms with Gasteiger partial charge in [-0.15, -0.1) is 24.8 Å². The molecule has 0 saturated carbocycles. The Bertz CT molecular complexity index is 1220. The van der Waals surface area contributed by atoms with Crippen LogP contribution < -0.4 is 4.74 Å². The number of aromatic nitrogens is 1. The molecule has 2 atom stereocenters. The zero-order valence-electron chi connectivity index (χ0n) is 23.7. The van der Waals surface area contributed by atoms with Crippen LogP contribution in [0.3, 0.4) is 0 Å². The fourth-order valence-corrected chi connectivity index (χ4v) is 6.00. The van der Waals surface area contributed by atoms with E-state index in [1.807, 2.05) is 30.3 Å². The van der Waals surface area contributed by atoms with E-state index in [1.165, 1.54) is 37.9 Å². The number of ether oxygens (including phenoxy) is 2. The van der Waals surface area contributed by atoms with Gasteiger partial charge in [0.05, 0.1) is 11.2 Å². The molecule has 1 saturated heterocycles. The summed E-state index contributed by atoms with van der Waals surface area (Å²) in [4.78, 5) is 20.2. The van der Waals surface area contributed by atoms with Crippen molar-refractivity contribution >= 4 is 41.7 Å². The van der Waals surface area contributed by atoms with Crippen molar-refractivity contribution in [2.75, 3.05) is 19.6 Å². The zero-order chi connectivity index (χ0) is 26.2. The molecule has 1 fully saturated rings. The molecule has 3 aromatic rings. The highest BCUT2D eigenvalue weighted by Gasteiger charge is 2.32. The molecule has 1 aliphatic heterocycles. The summed E-state index contributed by atoms with van der Waals surface area (Å²) in [6, 6.07) is 18.6. The van der Waals surface area contributed by atoms with Crippen LogP contribution in [0.2, 0.25) is 0 Å². The van der Waals surface area contributed by atoms with Crippen LogP contribution in [0.4, 0.5) is 0 Å². The fourth-order valence-electron chi connectivity index (χ4n) is 6.00. The molecule has 0 spiro atoms. The molecule has 2 heterocycles. The molecule has 5 nitrogen and oxygen atoms in total. The molecule has 40 heavy (non-hydrogen) atoms. The minimum absolute atomic E-state index is 0. The van der Waals surface area contributed by atoms with Crippen LogP contribution in [-0.4, -0.2) is 35.5 Å². The van der Waals surface area contributed by atoms with E-state index in [2.05, 4.69) is 36.1 Å². The van der Waals surface area contributed by atoms with Crippen LogP contribution in [0.1, 0.15) is 87.6 Å². The number of unbranched alkanes of at least 4 members (excludes halogenated alkanes) is 1. The SMILES string of the molecule is CCCC[C@H]1CCc2ccc(OCc3ccc4ccccc4n3)cc2[C@@H]1OC(=O)CCCN1CCCCC1.Cl.Cl. The number of hydrogen-bond acceptors (Lipinski definition) is 5. The van der Waals surface area contributed by atoms with Gasteiger partial charge in [-0.1, -0.05) is 56.5 Å². The van der Waals surface area contributed by atoms with Crippen LogP contribution in [0.15, 0.2) is 54.6 Å². The largest absolute Gasteiger partial charge is 0.487 e. The predicted octanol–water partition coefficient (Wildman–Crippen LogP) is 8.26. The first-order valence-corrected chi connectivity index (χ1v) is 14.7. The van der Waals surface area contributed by atoms with Crippen molar-refractivity contribution in [2.45, 2.75) is 83.8 Å². The van der Waals surface area contributed by atoms with Gasteiger partial charge in [0.15, 0.2) is 0 Å². The average Bonchev–Trinajstić information content (AvgIpc) is 2.96. The second-order valence-electron chi connectivity index (χ2n) is 11.0. The van der Waals surface area contributed by atoms with Crippen LogP contribution in [0, 0.1) is 5.92 Å². The number of carbonyl (C=O) groups is 1. The summed E-state index contributed by atoms with van der Waals surface area (Å²) in [5, 5.41) is 1.13. The molecular weight excluding hydrogens is 543 g/mol. The summed E-state index contributed by atoms with van der Waals surface area (Å²) in [5.41, 5.74) is 4.29. The Morgan fingerprint density at radius 3 is 2.65 bits per heavy atom. The number of carbonyl (C=O) groups excluding carboxylic acids is 1. The summed E-state index contributed by atoms with van der Waals surface area (Å²) in [7, 11) is 0. The van der Waals surface area contributed by atoms with E-state index in [1.54, 1.807) is 0 Å². The number of benzene rings is 2. The van der Waals surface area contributed by atoms with E-state index in [-0.39, 0.29) is 36.9 Å². The van der Waals surface area contributed by atoms with Gasteiger partial charge in [0.1, 0.15) is 18.5 Å². The Kier molecular flexibility index (Phi) is 13.0.